The van der Waals surface area contributed by atoms with Crippen LogP contribution in [0.15, 0.2) is 41.4 Å². The van der Waals surface area contributed by atoms with Crippen LogP contribution in [0.4, 0.5) is 0 Å². The van der Waals surface area contributed by atoms with Crippen LogP contribution in [0.5, 0.6) is 17.2 Å². The second-order valence-electron chi connectivity index (χ2n) is 6.01. The van der Waals surface area contributed by atoms with E-state index in [0.717, 1.165) is 16.0 Å². The molecule has 1 aliphatic heterocycles. The molecule has 28 heavy (non-hydrogen) atoms. The number of rotatable bonds is 4. The molecule has 6 nitrogen and oxygen atoms in total. The number of thiazole rings is 1. The SMILES string of the molecule is C#CCn1c(=NC(=O)c2ccc3c(c2)OCCO3)sc2cc(OCC)ccc21. The monoisotopic (exact) mass is 394 g/mol. The van der Waals surface area contributed by atoms with Gasteiger partial charge in [-0.3, -0.25) is 4.79 Å². The zero-order valence-electron chi connectivity index (χ0n) is 15.3. The lowest BCUT2D eigenvalue weighted by molar-refractivity contribution is 0.0996. The highest BCUT2D eigenvalue weighted by atomic mass is 32.1. The van der Waals surface area contributed by atoms with Crippen LogP contribution in [0.2, 0.25) is 0 Å². The van der Waals surface area contributed by atoms with Crippen LogP contribution < -0.4 is 19.0 Å². The van der Waals surface area contributed by atoms with E-state index in [1.165, 1.54) is 11.3 Å². The minimum Gasteiger partial charge on any atom is -0.494 e. The van der Waals surface area contributed by atoms with Crippen molar-refractivity contribution >= 4 is 27.5 Å². The van der Waals surface area contributed by atoms with Crippen molar-refractivity contribution in [1.82, 2.24) is 4.57 Å². The van der Waals surface area contributed by atoms with Crippen LogP contribution in [0, 0.1) is 12.3 Å². The van der Waals surface area contributed by atoms with E-state index >= 15 is 0 Å². The van der Waals surface area contributed by atoms with Gasteiger partial charge >= 0.3 is 0 Å². The van der Waals surface area contributed by atoms with Gasteiger partial charge in [0, 0.05) is 5.56 Å². The van der Waals surface area contributed by atoms with E-state index < -0.39 is 0 Å². The summed E-state index contributed by atoms with van der Waals surface area (Å²) < 4.78 is 19.4. The molecule has 0 N–H and O–H groups in total. The Morgan fingerprint density at radius 2 is 2.07 bits per heavy atom. The molecule has 0 fully saturated rings. The van der Waals surface area contributed by atoms with Crippen molar-refractivity contribution in [1.29, 1.82) is 0 Å². The first kappa shape index (κ1) is 18.1. The van der Waals surface area contributed by atoms with E-state index in [9.17, 15) is 4.79 Å². The van der Waals surface area contributed by atoms with Gasteiger partial charge in [0.25, 0.3) is 5.91 Å². The molecule has 142 valence electrons. The van der Waals surface area contributed by atoms with Crippen LogP contribution in [-0.4, -0.2) is 30.3 Å². The molecule has 2 heterocycles. The first-order valence-corrected chi connectivity index (χ1v) is 9.69. The molecule has 1 amide bonds. The molecule has 4 rings (SSSR count). The molecule has 0 radical (unpaired) electrons. The number of hydrogen-bond acceptors (Lipinski definition) is 5. The Kier molecular flexibility index (Phi) is 5.04. The van der Waals surface area contributed by atoms with Crippen molar-refractivity contribution in [3.8, 4) is 29.6 Å². The van der Waals surface area contributed by atoms with Gasteiger partial charge in [0.05, 0.1) is 23.4 Å². The maximum absolute atomic E-state index is 12.8. The third-order valence-electron chi connectivity index (χ3n) is 4.20. The summed E-state index contributed by atoms with van der Waals surface area (Å²) in [5.41, 5.74) is 1.35. The summed E-state index contributed by atoms with van der Waals surface area (Å²) in [6.45, 7) is 3.80. The fourth-order valence-corrected chi connectivity index (χ4v) is 4.02. The number of amides is 1. The zero-order valence-corrected chi connectivity index (χ0v) is 16.1. The molecule has 1 aromatic heterocycles. The molecule has 2 aromatic carbocycles. The predicted octanol–water partition coefficient (Wildman–Crippen LogP) is 3.25. The van der Waals surface area contributed by atoms with E-state index in [1.807, 2.05) is 29.7 Å². The van der Waals surface area contributed by atoms with Gasteiger partial charge in [-0.2, -0.15) is 4.99 Å². The van der Waals surface area contributed by atoms with Crippen molar-refractivity contribution in [2.24, 2.45) is 4.99 Å². The Labute approximate surface area is 166 Å². The van der Waals surface area contributed by atoms with Crippen molar-refractivity contribution in [2.45, 2.75) is 13.5 Å². The predicted molar refractivity (Wildman–Crippen MR) is 107 cm³/mol. The van der Waals surface area contributed by atoms with E-state index in [4.69, 9.17) is 20.6 Å². The summed E-state index contributed by atoms with van der Waals surface area (Å²) in [6, 6.07) is 10.8. The molecule has 3 aromatic rings. The van der Waals surface area contributed by atoms with E-state index in [-0.39, 0.29) is 5.91 Å². The quantitative estimate of drug-likeness (QED) is 0.638. The maximum Gasteiger partial charge on any atom is 0.279 e. The van der Waals surface area contributed by atoms with Gasteiger partial charge in [-0.1, -0.05) is 17.3 Å². The highest BCUT2D eigenvalue weighted by molar-refractivity contribution is 7.16. The summed E-state index contributed by atoms with van der Waals surface area (Å²) in [5.74, 6) is 4.23. The average Bonchev–Trinajstić information content (AvgIpc) is 3.04. The summed E-state index contributed by atoms with van der Waals surface area (Å²) in [7, 11) is 0. The molecule has 0 saturated heterocycles. The molecule has 0 aliphatic carbocycles. The van der Waals surface area contributed by atoms with Crippen LogP contribution in [0.3, 0.4) is 0 Å². The Morgan fingerprint density at radius 3 is 2.86 bits per heavy atom. The maximum atomic E-state index is 12.8. The van der Waals surface area contributed by atoms with E-state index in [0.29, 0.717) is 48.2 Å². The first-order chi connectivity index (χ1) is 13.7. The topological polar surface area (TPSA) is 62.1 Å². The fourth-order valence-electron chi connectivity index (χ4n) is 2.97. The number of carbonyl (C=O) groups excluding carboxylic acids is 1. The summed E-state index contributed by atoms with van der Waals surface area (Å²) in [5, 5.41) is 0. The minimum atomic E-state index is -0.362. The van der Waals surface area contributed by atoms with Crippen molar-refractivity contribution in [3.63, 3.8) is 0 Å². The highest BCUT2D eigenvalue weighted by Crippen LogP contribution is 2.31. The van der Waals surface area contributed by atoms with Crippen LogP contribution in [0.1, 0.15) is 17.3 Å². The normalized spacial score (nSPS) is 13.4. The van der Waals surface area contributed by atoms with Gasteiger partial charge in [0.1, 0.15) is 19.0 Å². The summed E-state index contributed by atoms with van der Waals surface area (Å²) in [6.07, 6.45) is 5.53. The number of aromatic nitrogens is 1. The van der Waals surface area contributed by atoms with Crippen LogP contribution >= 0.6 is 11.3 Å². The fraction of sp³-hybridized carbons (Fsp3) is 0.238. The van der Waals surface area contributed by atoms with Crippen LogP contribution in [0.25, 0.3) is 10.2 Å². The third-order valence-corrected chi connectivity index (χ3v) is 5.24. The smallest absolute Gasteiger partial charge is 0.279 e. The summed E-state index contributed by atoms with van der Waals surface area (Å²) in [4.78, 5) is 17.6. The molecule has 0 unspecified atom stereocenters. The molecule has 1 aliphatic rings. The van der Waals surface area contributed by atoms with Crippen molar-refractivity contribution in [2.75, 3.05) is 19.8 Å². The van der Waals surface area contributed by atoms with Crippen LogP contribution in [-0.2, 0) is 6.54 Å². The lowest BCUT2D eigenvalue weighted by Crippen LogP contribution is -2.17. The summed E-state index contributed by atoms with van der Waals surface area (Å²) >= 11 is 1.40. The third kappa shape index (κ3) is 3.47. The number of hydrogen-bond donors (Lipinski definition) is 0. The zero-order chi connectivity index (χ0) is 19.5. The molecular weight excluding hydrogens is 376 g/mol. The number of carbonyl (C=O) groups is 1. The van der Waals surface area contributed by atoms with Crippen molar-refractivity contribution in [3.05, 3.63) is 46.8 Å². The van der Waals surface area contributed by atoms with Gasteiger partial charge in [-0.05, 0) is 43.3 Å². The number of benzene rings is 2. The lowest BCUT2D eigenvalue weighted by Gasteiger charge is -2.18. The van der Waals surface area contributed by atoms with E-state index in [1.54, 1.807) is 18.2 Å². The van der Waals surface area contributed by atoms with Gasteiger partial charge in [0.15, 0.2) is 16.3 Å². The van der Waals surface area contributed by atoms with Gasteiger partial charge < -0.3 is 18.8 Å². The Hall–Kier alpha value is -3.24. The molecular formula is C21H18N2O4S. The molecule has 0 saturated carbocycles. The van der Waals surface area contributed by atoms with Gasteiger partial charge in [0.2, 0.25) is 0 Å². The Morgan fingerprint density at radius 1 is 1.25 bits per heavy atom. The number of nitrogens with zero attached hydrogens (tertiary/aromatic N) is 2. The largest absolute Gasteiger partial charge is 0.494 e. The number of terminal acetylenes is 1. The lowest BCUT2D eigenvalue weighted by atomic mass is 10.2. The Bertz CT molecular complexity index is 1150. The molecule has 0 atom stereocenters. The van der Waals surface area contributed by atoms with Gasteiger partial charge in [-0.25, -0.2) is 0 Å². The van der Waals surface area contributed by atoms with E-state index in [2.05, 4.69) is 10.9 Å². The second-order valence-corrected chi connectivity index (χ2v) is 7.02. The second kappa shape index (κ2) is 7.79. The Balaban J connectivity index is 1.76. The average molecular weight is 394 g/mol. The van der Waals surface area contributed by atoms with Crippen molar-refractivity contribution < 1.29 is 19.0 Å². The van der Waals surface area contributed by atoms with Gasteiger partial charge in [-0.15, -0.1) is 6.42 Å². The highest BCUT2D eigenvalue weighted by Gasteiger charge is 2.15. The number of ether oxygens (including phenoxy) is 3. The standard InChI is InChI=1S/C21H18N2O4S/c1-3-9-23-16-7-6-15(25-4-2)13-19(16)28-21(23)22-20(24)14-5-8-17-18(12-14)27-11-10-26-17/h1,5-8,12-13H,4,9-11H2,2H3. The first-order valence-electron chi connectivity index (χ1n) is 8.88. The molecule has 7 heteroatoms. The number of fused-ring (bicyclic) bond motifs is 2. The molecule has 0 spiro atoms. The molecule has 0 bridgehead atoms. The minimum absolute atomic E-state index is 0.321.